The van der Waals surface area contributed by atoms with E-state index in [-0.39, 0.29) is 5.60 Å². The van der Waals surface area contributed by atoms with E-state index < -0.39 is 0 Å². The van der Waals surface area contributed by atoms with Crippen molar-refractivity contribution in [3.63, 3.8) is 0 Å². The van der Waals surface area contributed by atoms with Crippen LogP contribution in [0.15, 0.2) is 53.1 Å². The Balaban J connectivity index is 1.54. The third kappa shape index (κ3) is 2.14. The smallest absolute Gasteiger partial charge is 0.156 e. The largest absolute Gasteiger partial charge is 0.369 e. The highest BCUT2D eigenvalue weighted by atomic mass is 16.6. The zero-order valence-corrected chi connectivity index (χ0v) is 16.2. The van der Waals surface area contributed by atoms with Crippen LogP contribution in [0.5, 0.6) is 0 Å². The molecule has 140 valence electrons. The zero-order chi connectivity index (χ0) is 18.2. The van der Waals surface area contributed by atoms with Crippen molar-refractivity contribution in [1.29, 1.82) is 0 Å². The molecule has 5 atom stereocenters. The van der Waals surface area contributed by atoms with Crippen LogP contribution in [-0.4, -0.2) is 18.0 Å². The number of ketones is 1. The number of benzene rings is 1. The van der Waals surface area contributed by atoms with Gasteiger partial charge in [-0.2, -0.15) is 0 Å². The number of hydrogen-bond donors (Lipinski definition) is 0. The van der Waals surface area contributed by atoms with E-state index in [9.17, 15) is 4.79 Å². The molecule has 5 aliphatic rings. The highest BCUT2D eigenvalue weighted by molar-refractivity contribution is 5.93. The Labute approximate surface area is 161 Å². The Bertz CT molecular complexity index is 873. The van der Waals surface area contributed by atoms with Crippen molar-refractivity contribution in [2.24, 2.45) is 17.3 Å². The van der Waals surface area contributed by atoms with Gasteiger partial charge in [-0.25, -0.2) is 0 Å². The van der Waals surface area contributed by atoms with Crippen LogP contribution in [-0.2, 0) is 9.53 Å². The van der Waals surface area contributed by atoms with Crippen LogP contribution < -0.4 is 0 Å². The van der Waals surface area contributed by atoms with Gasteiger partial charge in [0.05, 0.1) is 12.2 Å². The fraction of sp³-hybridized carbons (Fsp3) is 0.560. The van der Waals surface area contributed by atoms with Crippen LogP contribution in [0.3, 0.4) is 0 Å². The highest BCUT2D eigenvalue weighted by Crippen LogP contribution is 2.70. The quantitative estimate of drug-likeness (QED) is 0.631. The number of hydrogen-bond acceptors (Lipinski definition) is 2. The molecule has 0 amide bonds. The standard InChI is InChI=1S/C25H28O2/c1-24-14-21(16-5-3-2-4-6-16)23-19-10-8-18(26)13-17(19)7-9-20(23)22(24)11-12-25(24)15-27-25/h2-6,13,20-22H,7-12,14-15H2,1H3/t20-,21+,22-,24-,25+/m0/s1. The monoisotopic (exact) mass is 360 g/mol. The molecule has 27 heavy (non-hydrogen) atoms. The number of ether oxygens (including phenoxy) is 1. The number of carbonyl (C=O) groups is 1. The summed E-state index contributed by atoms with van der Waals surface area (Å²) in [7, 11) is 0. The summed E-state index contributed by atoms with van der Waals surface area (Å²) in [6.45, 7) is 3.50. The van der Waals surface area contributed by atoms with Crippen molar-refractivity contribution in [3.8, 4) is 0 Å². The molecule has 1 aliphatic heterocycles. The van der Waals surface area contributed by atoms with Crippen LogP contribution in [0.1, 0.15) is 63.4 Å². The van der Waals surface area contributed by atoms with Gasteiger partial charge in [-0.15, -0.1) is 0 Å². The first-order valence-electron chi connectivity index (χ1n) is 10.8. The molecule has 0 unspecified atom stereocenters. The second kappa shape index (κ2) is 5.44. The molecule has 2 heteroatoms. The molecule has 1 heterocycles. The molecule has 1 spiro atoms. The highest BCUT2D eigenvalue weighted by Gasteiger charge is 2.69. The van der Waals surface area contributed by atoms with Gasteiger partial charge in [-0.05, 0) is 73.1 Å². The maximum Gasteiger partial charge on any atom is 0.156 e. The first-order valence-corrected chi connectivity index (χ1v) is 10.8. The molecular formula is C25H28O2. The van der Waals surface area contributed by atoms with Crippen molar-refractivity contribution in [2.75, 3.05) is 6.61 Å². The van der Waals surface area contributed by atoms with E-state index in [0.717, 1.165) is 25.4 Å². The SMILES string of the molecule is C[C@]12C[C@H](c3ccccc3)C3=C4CCC(=O)C=C4CC[C@H]3[C@@H]1CC[C@@]21CO1. The molecule has 0 radical (unpaired) electrons. The molecular weight excluding hydrogens is 332 g/mol. The minimum absolute atomic E-state index is 0.166. The van der Waals surface area contributed by atoms with E-state index in [1.807, 2.05) is 6.08 Å². The topological polar surface area (TPSA) is 29.6 Å². The number of rotatable bonds is 1. The zero-order valence-electron chi connectivity index (χ0n) is 16.2. The molecule has 1 saturated heterocycles. The second-order valence-corrected chi connectivity index (χ2v) is 9.73. The van der Waals surface area contributed by atoms with Gasteiger partial charge in [0.25, 0.3) is 0 Å². The van der Waals surface area contributed by atoms with E-state index in [1.54, 1.807) is 11.1 Å². The summed E-state index contributed by atoms with van der Waals surface area (Å²) in [6.07, 6.45) is 9.72. The fourth-order valence-corrected chi connectivity index (χ4v) is 7.28. The van der Waals surface area contributed by atoms with E-state index in [4.69, 9.17) is 4.74 Å². The maximum absolute atomic E-state index is 12.0. The summed E-state index contributed by atoms with van der Waals surface area (Å²) >= 11 is 0. The first-order chi connectivity index (χ1) is 13.1. The van der Waals surface area contributed by atoms with Crippen molar-refractivity contribution < 1.29 is 9.53 Å². The third-order valence-corrected chi connectivity index (χ3v) is 8.72. The van der Waals surface area contributed by atoms with Gasteiger partial charge >= 0.3 is 0 Å². The summed E-state index contributed by atoms with van der Waals surface area (Å²) in [5.74, 6) is 2.25. The van der Waals surface area contributed by atoms with Crippen molar-refractivity contribution in [3.05, 3.63) is 58.7 Å². The number of epoxide rings is 1. The Hall–Kier alpha value is -1.67. The van der Waals surface area contributed by atoms with Gasteiger partial charge in [-0.3, -0.25) is 4.79 Å². The summed E-state index contributed by atoms with van der Waals surface area (Å²) in [4.78, 5) is 12.0. The molecule has 1 aromatic rings. The normalized spacial score (nSPS) is 42.5. The maximum atomic E-state index is 12.0. The van der Waals surface area contributed by atoms with Gasteiger partial charge in [-0.1, -0.05) is 42.8 Å². The number of allylic oxidation sites excluding steroid dienone is 4. The van der Waals surface area contributed by atoms with Crippen LogP contribution in [0.2, 0.25) is 0 Å². The van der Waals surface area contributed by atoms with Crippen LogP contribution in [0.25, 0.3) is 0 Å². The van der Waals surface area contributed by atoms with Gasteiger partial charge in [0.2, 0.25) is 0 Å². The van der Waals surface area contributed by atoms with Crippen molar-refractivity contribution >= 4 is 5.78 Å². The molecule has 3 fully saturated rings. The number of fused-ring (bicyclic) bond motifs is 5. The lowest BCUT2D eigenvalue weighted by Crippen LogP contribution is -2.46. The Morgan fingerprint density at radius 1 is 1.07 bits per heavy atom. The third-order valence-electron chi connectivity index (χ3n) is 8.72. The van der Waals surface area contributed by atoms with Gasteiger partial charge in [0.15, 0.2) is 5.78 Å². The summed E-state index contributed by atoms with van der Waals surface area (Å²) in [5, 5.41) is 0. The fourth-order valence-electron chi connectivity index (χ4n) is 7.28. The predicted molar refractivity (Wildman–Crippen MR) is 105 cm³/mol. The lowest BCUT2D eigenvalue weighted by molar-refractivity contribution is -0.114. The molecule has 2 nitrogen and oxygen atoms in total. The van der Waals surface area contributed by atoms with E-state index in [0.29, 0.717) is 29.5 Å². The average molecular weight is 360 g/mol. The Morgan fingerprint density at radius 2 is 1.89 bits per heavy atom. The Morgan fingerprint density at radius 3 is 2.67 bits per heavy atom. The molecule has 2 saturated carbocycles. The van der Waals surface area contributed by atoms with E-state index in [1.165, 1.54) is 36.8 Å². The van der Waals surface area contributed by atoms with Gasteiger partial charge < -0.3 is 4.74 Å². The van der Waals surface area contributed by atoms with Crippen LogP contribution in [0.4, 0.5) is 0 Å². The van der Waals surface area contributed by atoms with Crippen LogP contribution >= 0.6 is 0 Å². The molecule has 1 aromatic carbocycles. The second-order valence-electron chi connectivity index (χ2n) is 9.73. The molecule has 0 bridgehead atoms. The molecule has 4 aliphatic carbocycles. The van der Waals surface area contributed by atoms with Gasteiger partial charge in [0.1, 0.15) is 0 Å². The molecule has 0 aromatic heterocycles. The summed E-state index contributed by atoms with van der Waals surface area (Å²) < 4.78 is 6.14. The van der Waals surface area contributed by atoms with Gasteiger partial charge in [0, 0.05) is 17.8 Å². The van der Waals surface area contributed by atoms with Crippen molar-refractivity contribution in [1.82, 2.24) is 0 Å². The molecule has 0 N–H and O–H groups in total. The number of carbonyl (C=O) groups excluding carboxylic acids is 1. The van der Waals surface area contributed by atoms with E-state index >= 15 is 0 Å². The first kappa shape index (κ1) is 16.3. The average Bonchev–Trinajstić information content (AvgIpc) is 3.42. The summed E-state index contributed by atoms with van der Waals surface area (Å²) in [6, 6.07) is 11.1. The predicted octanol–water partition coefficient (Wildman–Crippen LogP) is 5.36. The summed E-state index contributed by atoms with van der Waals surface area (Å²) in [5.41, 5.74) is 6.54. The molecule has 6 rings (SSSR count). The lowest BCUT2D eigenvalue weighted by atomic mass is 9.52. The van der Waals surface area contributed by atoms with Crippen LogP contribution in [0, 0.1) is 17.3 Å². The lowest BCUT2D eigenvalue weighted by Gasteiger charge is -2.52. The Kier molecular flexibility index (Phi) is 3.29. The van der Waals surface area contributed by atoms with E-state index in [2.05, 4.69) is 37.3 Å². The minimum Gasteiger partial charge on any atom is -0.369 e. The van der Waals surface area contributed by atoms with Crippen molar-refractivity contribution in [2.45, 2.75) is 63.4 Å². The minimum atomic E-state index is 0.166.